The van der Waals surface area contributed by atoms with Gasteiger partial charge in [-0.2, -0.15) is 0 Å². The predicted octanol–water partition coefficient (Wildman–Crippen LogP) is 5.47. The molecule has 1 N–H and O–H groups in total. The van der Waals surface area contributed by atoms with Gasteiger partial charge in [-0.15, -0.1) is 6.58 Å². The average molecular weight is 375 g/mol. The van der Waals surface area contributed by atoms with Crippen molar-refractivity contribution >= 4 is 5.91 Å². The summed E-state index contributed by atoms with van der Waals surface area (Å²) >= 11 is 0. The molecule has 1 aromatic heterocycles. The molecule has 1 amide bonds. The molecule has 4 nitrogen and oxygen atoms in total. The first kappa shape index (κ1) is 19.5. The summed E-state index contributed by atoms with van der Waals surface area (Å²) in [6, 6.07) is 21.1. The number of furan rings is 1. The Bertz CT molecular complexity index is 914. The van der Waals surface area contributed by atoms with Gasteiger partial charge in [0.1, 0.15) is 18.1 Å². The third-order valence-electron chi connectivity index (χ3n) is 4.51. The molecule has 0 saturated carbocycles. The average Bonchev–Trinajstić information content (AvgIpc) is 3.21. The van der Waals surface area contributed by atoms with Gasteiger partial charge >= 0.3 is 0 Å². The zero-order valence-corrected chi connectivity index (χ0v) is 16.1. The summed E-state index contributed by atoms with van der Waals surface area (Å²) in [5, 5.41) is 3.03. The van der Waals surface area contributed by atoms with Crippen molar-refractivity contribution in [1.29, 1.82) is 0 Å². The van der Waals surface area contributed by atoms with E-state index in [4.69, 9.17) is 9.15 Å². The SMILES string of the molecule is C=CCc1ccccc1OCc1ccc(C(=O)NC(CC)c2ccccc2)o1. The molecule has 28 heavy (non-hydrogen) atoms. The van der Waals surface area contributed by atoms with Crippen LogP contribution in [0.2, 0.25) is 0 Å². The van der Waals surface area contributed by atoms with Crippen LogP contribution in [-0.2, 0) is 13.0 Å². The minimum absolute atomic E-state index is 0.0516. The second kappa shape index (κ2) is 9.60. The molecule has 0 saturated heterocycles. The van der Waals surface area contributed by atoms with Gasteiger partial charge in [-0.3, -0.25) is 4.79 Å². The van der Waals surface area contributed by atoms with Crippen molar-refractivity contribution in [3.8, 4) is 5.75 Å². The molecule has 0 aliphatic carbocycles. The smallest absolute Gasteiger partial charge is 0.287 e. The van der Waals surface area contributed by atoms with Crippen LogP contribution in [0.4, 0.5) is 0 Å². The fourth-order valence-corrected chi connectivity index (χ4v) is 3.03. The molecule has 1 atom stereocenters. The van der Waals surface area contributed by atoms with Crippen LogP contribution in [0, 0.1) is 0 Å². The number of allylic oxidation sites excluding steroid dienone is 1. The van der Waals surface area contributed by atoms with Gasteiger partial charge in [0, 0.05) is 0 Å². The van der Waals surface area contributed by atoms with Gasteiger partial charge in [-0.25, -0.2) is 0 Å². The number of nitrogens with one attached hydrogen (secondary N) is 1. The summed E-state index contributed by atoms with van der Waals surface area (Å²) < 4.78 is 11.6. The molecule has 0 radical (unpaired) electrons. The predicted molar refractivity (Wildman–Crippen MR) is 110 cm³/mol. The Morgan fingerprint density at radius 3 is 2.61 bits per heavy atom. The quantitative estimate of drug-likeness (QED) is 0.505. The van der Waals surface area contributed by atoms with E-state index in [1.54, 1.807) is 12.1 Å². The van der Waals surface area contributed by atoms with Gasteiger partial charge in [-0.05, 0) is 42.2 Å². The lowest BCUT2D eigenvalue weighted by atomic mass is 10.0. The van der Waals surface area contributed by atoms with Crippen molar-refractivity contribution in [3.63, 3.8) is 0 Å². The summed E-state index contributed by atoms with van der Waals surface area (Å²) in [5.74, 6) is 1.45. The topological polar surface area (TPSA) is 51.5 Å². The number of para-hydroxylation sites is 1. The summed E-state index contributed by atoms with van der Waals surface area (Å²) in [6.07, 6.45) is 3.38. The van der Waals surface area contributed by atoms with Gasteiger partial charge in [0.25, 0.3) is 5.91 Å². The number of carbonyl (C=O) groups is 1. The van der Waals surface area contributed by atoms with Gasteiger partial charge in [-0.1, -0.05) is 61.5 Å². The van der Waals surface area contributed by atoms with Crippen molar-refractivity contribution in [2.45, 2.75) is 32.4 Å². The Morgan fingerprint density at radius 1 is 1.11 bits per heavy atom. The maximum absolute atomic E-state index is 12.6. The molecule has 3 aromatic rings. The number of hydrogen-bond acceptors (Lipinski definition) is 3. The van der Waals surface area contributed by atoms with E-state index in [1.807, 2.05) is 67.6 Å². The van der Waals surface area contributed by atoms with Crippen LogP contribution in [0.15, 0.2) is 83.8 Å². The van der Waals surface area contributed by atoms with Crippen molar-refractivity contribution in [2.75, 3.05) is 0 Å². The molecule has 0 aliphatic heterocycles. The number of carbonyl (C=O) groups excluding carboxylic acids is 1. The van der Waals surface area contributed by atoms with Gasteiger partial charge in [0.05, 0.1) is 6.04 Å². The first-order chi connectivity index (χ1) is 13.7. The van der Waals surface area contributed by atoms with Crippen LogP contribution in [0.5, 0.6) is 5.75 Å². The van der Waals surface area contributed by atoms with Crippen LogP contribution in [0.3, 0.4) is 0 Å². The Hall–Kier alpha value is -3.27. The van der Waals surface area contributed by atoms with Crippen molar-refractivity contribution in [1.82, 2.24) is 5.32 Å². The van der Waals surface area contributed by atoms with E-state index in [-0.39, 0.29) is 24.3 Å². The Labute approximate surface area is 165 Å². The molecule has 1 heterocycles. The molecule has 1 unspecified atom stereocenters. The lowest BCUT2D eigenvalue weighted by Crippen LogP contribution is -2.27. The minimum Gasteiger partial charge on any atom is -0.485 e. The first-order valence-electron chi connectivity index (χ1n) is 9.47. The largest absolute Gasteiger partial charge is 0.485 e. The summed E-state index contributed by atoms with van der Waals surface area (Å²) in [7, 11) is 0. The number of rotatable bonds is 9. The van der Waals surface area contributed by atoms with E-state index in [9.17, 15) is 4.79 Å². The molecular formula is C24H25NO3. The van der Waals surface area contributed by atoms with Crippen LogP contribution in [-0.4, -0.2) is 5.91 Å². The van der Waals surface area contributed by atoms with Crippen molar-refractivity contribution in [2.24, 2.45) is 0 Å². The van der Waals surface area contributed by atoms with E-state index in [0.717, 1.165) is 29.7 Å². The molecule has 0 aliphatic rings. The fraction of sp³-hybridized carbons (Fsp3) is 0.208. The molecule has 0 bridgehead atoms. The van der Waals surface area contributed by atoms with E-state index < -0.39 is 0 Å². The Kier molecular flexibility index (Phi) is 6.68. The molecular weight excluding hydrogens is 350 g/mol. The number of ether oxygens (including phenoxy) is 1. The van der Waals surface area contributed by atoms with Gasteiger partial charge in [0.2, 0.25) is 0 Å². The number of benzene rings is 2. The third-order valence-corrected chi connectivity index (χ3v) is 4.51. The standard InChI is InChI=1S/C24H25NO3/c1-3-10-19-13-8-9-14-22(19)27-17-20-15-16-23(28-20)24(26)25-21(4-2)18-11-6-5-7-12-18/h3,5-9,11-16,21H,1,4,10,17H2,2H3,(H,25,26). The second-order valence-corrected chi connectivity index (χ2v) is 6.50. The lowest BCUT2D eigenvalue weighted by molar-refractivity contribution is 0.0903. The molecule has 4 heteroatoms. The van der Waals surface area contributed by atoms with Crippen LogP contribution in [0.1, 0.15) is 46.8 Å². The highest BCUT2D eigenvalue weighted by atomic mass is 16.5. The highest BCUT2D eigenvalue weighted by molar-refractivity contribution is 5.91. The Morgan fingerprint density at radius 2 is 1.86 bits per heavy atom. The number of hydrogen-bond donors (Lipinski definition) is 1. The van der Waals surface area contributed by atoms with E-state index >= 15 is 0 Å². The summed E-state index contributed by atoms with van der Waals surface area (Å²) in [6.45, 7) is 6.07. The maximum atomic E-state index is 12.6. The highest BCUT2D eigenvalue weighted by Gasteiger charge is 2.17. The monoisotopic (exact) mass is 375 g/mol. The molecule has 0 spiro atoms. The second-order valence-electron chi connectivity index (χ2n) is 6.50. The Balaban J connectivity index is 1.62. The molecule has 3 rings (SSSR count). The first-order valence-corrected chi connectivity index (χ1v) is 9.47. The van der Waals surface area contributed by atoms with E-state index in [1.165, 1.54) is 0 Å². The maximum Gasteiger partial charge on any atom is 0.287 e. The minimum atomic E-state index is -0.228. The molecule has 144 valence electrons. The van der Waals surface area contributed by atoms with Crippen LogP contribution in [0.25, 0.3) is 0 Å². The third kappa shape index (κ3) is 4.92. The summed E-state index contributed by atoms with van der Waals surface area (Å²) in [4.78, 5) is 12.6. The van der Waals surface area contributed by atoms with Crippen LogP contribution >= 0.6 is 0 Å². The number of amides is 1. The zero-order chi connectivity index (χ0) is 19.8. The van der Waals surface area contributed by atoms with E-state index in [0.29, 0.717) is 5.76 Å². The van der Waals surface area contributed by atoms with Crippen molar-refractivity contribution in [3.05, 3.63) is 102 Å². The molecule has 2 aromatic carbocycles. The fourth-order valence-electron chi connectivity index (χ4n) is 3.03. The van der Waals surface area contributed by atoms with Crippen molar-refractivity contribution < 1.29 is 13.9 Å². The summed E-state index contributed by atoms with van der Waals surface area (Å²) in [5.41, 5.74) is 2.14. The van der Waals surface area contributed by atoms with Gasteiger partial charge < -0.3 is 14.5 Å². The van der Waals surface area contributed by atoms with Crippen LogP contribution < -0.4 is 10.1 Å². The highest BCUT2D eigenvalue weighted by Crippen LogP contribution is 2.21. The molecule has 0 fully saturated rings. The van der Waals surface area contributed by atoms with E-state index in [2.05, 4.69) is 11.9 Å². The normalized spacial score (nSPS) is 11.6. The lowest BCUT2D eigenvalue weighted by Gasteiger charge is -2.16. The van der Waals surface area contributed by atoms with Gasteiger partial charge in [0.15, 0.2) is 5.76 Å². The zero-order valence-electron chi connectivity index (χ0n) is 16.1.